The van der Waals surface area contributed by atoms with Crippen molar-refractivity contribution in [1.29, 1.82) is 0 Å². The van der Waals surface area contributed by atoms with Crippen LogP contribution in [0.15, 0.2) is 16.6 Å². The van der Waals surface area contributed by atoms with Crippen molar-refractivity contribution in [2.45, 2.75) is 25.3 Å². The van der Waals surface area contributed by atoms with E-state index < -0.39 is 0 Å². The normalized spacial score (nSPS) is 23.8. The molecule has 0 amide bonds. The molecular formula is C13H18BrNO2. The number of rotatable bonds is 3. The predicted molar refractivity (Wildman–Crippen MR) is 71.8 cm³/mol. The number of methoxy groups -OCH3 is 2. The molecule has 1 aliphatic rings. The third-order valence-electron chi connectivity index (χ3n) is 3.44. The second kappa shape index (κ2) is 4.86. The fourth-order valence-electron chi connectivity index (χ4n) is 2.42. The largest absolute Gasteiger partial charge is 0.496 e. The first-order valence-corrected chi connectivity index (χ1v) is 6.57. The lowest BCUT2D eigenvalue weighted by Gasteiger charge is -2.27. The third kappa shape index (κ3) is 2.29. The van der Waals surface area contributed by atoms with Crippen molar-refractivity contribution >= 4 is 15.9 Å². The Labute approximate surface area is 111 Å². The van der Waals surface area contributed by atoms with Crippen LogP contribution in [-0.4, -0.2) is 20.8 Å². The van der Waals surface area contributed by atoms with Crippen molar-refractivity contribution in [2.24, 2.45) is 0 Å². The molecule has 1 atom stereocenters. The van der Waals surface area contributed by atoms with Gasteiger partial charge in [-0.2, -0.15) is 0 Å². The van der Waals surface area contributed by atoms with Crippen molar-refractivity contribution in [2.75, 3.05) is 20.8 Å². The molecule has 1 aliphatic heterocycles. The van der Waals surface area contributed by atoms with E-state index in [1.165, 1.54) is 6.42 Å². The van der Waals surface area contributed by atoms with Crippen LogP contribution in [0.2, 0.25) is 0 Å². The second-order valence-electron chi connectivity index (χ2n) is 4.55. The Kier molecular flexibility index (Phi) is 3.64. The number of halogens is 1. The lowest BCUT2D eigenvalue weighted by molar-refractivity contribution is 0.363. The molecule has 0 aromatic heterocycles. The number of nitrogens with one attached hydrogen (secondary N) is 1. The van der Waals surface area contributed by atoms with Crippen LogP contribution in [0.5, 0.6) is 11.5 Å². The van der Waals surface area contributed by atoms with E-state index in [4.69, 9.17) is 9.47 Å². The van der Waals surface area contributed by atoms with Gasteiger partial charge in [-0.3, -0.25) is 0 Å². The van der Waals surface area contributed by atoms with Crippen molar-refractivity contribution in [3.63, 3.8) is 0 Å². The third-order valence-corrected chi connectivity index (χ3v) is 4.06. The van der Waals surface area contributed by atoms with E-state index in [0.717, 1.165) is 34.5 Å². The Bertz CT molecular complexity index is 414. The Balaban J connectivity index is 2.50. The topological polar surface area (TPSA) is 30.5 Å². The first kappa shape index (κ1) is 12.7. The molecule has 1 aromatic carbocycles. The smallest absolute Gasteiger partial charge is 0.133 e. The summed E-state index contributed by atoms with van der Waals surface area (Å²) in [6, 6.07) is 4.03. The van der Waals surface area contributed by atoms with Crippen LogP contribution in [-0.2, 0) is 5.54 Å². The molecule has 94 valence electrons. The Morgan fingerprint density at radius 1 is 1.24 bits per heavy atom. The van der Waals surface area contributed by atoms with Crippen LogP contribution >= 0.6 is 15.9 Å². The van der Waals surface area contributed by atoms with Gasteiger partial charge in [0.15, 0.2) is 0 Å². The highest BCUT2D eigenvalue weighted by molar-refractivity contribution is 9.10. The second-order valence-corrected chi connectivity index (χ2v) is 5.40. The molecule has 4 heteroatoms. The average molecular weight is 300 g/mol. The molecule has 0 bridgehead atoms. The van der Waals surface area contributed by atoms with E-state index >= 15 is 0 Å². The first-order valence-electron chi connectivity index (χ1n) is 5.78. The lowest BCUT2D eigenvalue weighted by Crippen LogP contribution is -2.33. The van der Waals surface area contributed by atoms with Gasteiger partial charge >= 0.3 is 0 Å². The minimum Gasteiger partial charge on any atom is -0.496 e. The molecule has 0 spiro atoms. The number of hydrogen-bond donors (Lipinski definition) is 1. The summed E-state index contributed by atoms with van der Waals surface area (Å²) >= 11 is 3.48. The van der Waals surface area contributed by atoms with Gasteiger partial charge < -0.3 is 14.8 Å². The van der Waals surface area contributed by atoms with Gasteiger partial charge in [-0.05, 0) is 54.4 Å². The highest BCUT2D eigenvalue weighted by Gasteiger charge is 2.33. The van der Waals surface area contributed by atoms with Gasteiger partial charge in [-0.1, -0.05) is 0 Å². The molecule has 0 aliphatic carbocycles. The number of hydrogen-bond acceptors (Lipinski definition) is 3. The molecule has 2 rings (SSSR count). The molecule has 1 unspecified atom stereocenters. The monoisotopic (exact) mass is 299 g/mol. The summed E-state index contributed by atoms with van der Waals surface area (Å²) in [5.74, 6) is 1.74. The fraction of sp³-hybridized carbons (Fsp3) is 0.538. The van der Waals surface area contributed by atoms with Crippen molar-refractivity contribution in [3.05, 3.63) is 22.2 Å². The zero-order valence-electron chi connectivity index (χ0n) is 10.5. The maximum Gasteiger partial charge on any atom is 0.133 e. The highest BCUT2D eigenvalue weighted by Crippen LogP contribution is 2.41. The van der Waals surface area contributed by atoms with Gasteiger partial charge in [0.1, 0.15) is 11.5 Å². The van der Waals surface area contributed by atoms with Gasteiger partial charge in [-0.15, -0.1) is 0 Å². The molecule has 1 heterocycles. The molecule has 0 radical (unpaired) electrons. The minimum atomic E-state index is -0.0146. The lowest BCUT2D eigenvalue weighted by atomic mass is 9.89. The molecular weight excluding hydrogens is 282 g/mol. The predicted octanol–water partition coefficient (Wildman–Crippen LogP) is 3.06. The van der Waals surface area contributed by atoms with Gasteiger partial charge in [0.2, 0.25) is 0 Å². The van der Waals surface area contributed by atoms with Gasteiger partial charge in [-0.25, -0.2) is 0 Å². The Morgan fingerprint density at radius 3 is 2.47 bits per heavy atom. The maximum absolute atomic E-state index is 5.48. The van der Waals surface area contributed by atoms with Gasteiger partial charge in [0, 0.05) is 11.1 Å². The molecule has 1 saturated heterocycles. The van der Waals surface area contributed by atoms with E-state index in [2.05, 4.69) is 34.2 Å². The van der Waals surface area contributed by atoms with Crippen LogP contribution in [0.4, 0.5) is 0 Å². The fourth-order valence-corrected chi connectivity index (χ4v) is 2.90. The summed E-state index contributed by atoms with van der Waals surface area (Å²) in [7, 11) is 3.39. The molecule has 0 saturated carbocycles. The summed E-state index contributed by atoms with van der Waals surface area (Å²) < 4.78 is 11.8. The SMILES string of the molecule is COc1cc(C2(C)CCCN2)c(OC)cc1Br. The average Bonchev–Trinajstić information content (AvgIpc) is 2.76. The Hall–Kier alpha value is -0.740. The number of benzene rings is 1. The molecule has 1 aromatic rings. The van der Waals surface area contributed by atoms with Crippen molar-refractivity contribution < 1.29 is 9.47 Å². The van der Waals surface area contributed by atoms with E-state index in [0.29, 0.717) is 0 Å². The van der Waals surface area contributed by atoms with Gasteiger partial charge in [0.25, 0.3) is 0 Å². The Morgan fingerprint density at radius 2 is 1.94 bits per heavy atom. The van der Waals surface area contributed by atoms with Crippen LogP contribution < -0.4 is 14.8 Å². The number of ether oxygens (including phenoxy) is 2. The minimum absolute atomic E-state index is 0.0146. The summed E-state index contributed by atoms with van der Waals surface area (Å²) in [5.41, 5.74) is 1.15. The van der Waals surface area contributed by atoms with E-state index in [-0.39, 0.29) is 5.54 Å². The summed E-state index contributed by atoms with van der Waals surface area (Å²) in [6.07, 6.45) is 2.31. The standard InChI is InChI=1S/C13H18BrNO2/c1-13(5-4-6-15-13)9-7-12(17-3)10(14)8-11(9)16-2/h7-8,15H,4-6H2,1-3H3. The molecule has 1 fully saturated rings. The molecule has 3 nitrogen and oxygen atoms in total. The van der Waals surface area contributed by atoms with Crippen LogP contribution in [0.1, 0.15) is 25.3 Å². The zero-order chi connectivity index (χ0) is 12.5. The van der Waals surface area contributed by atoms with Crippen LogP contribution in [0.3, 0.4) is 0 Å². The quantitative estimate of drug-likeness (QED) is 0.930. The van der Waals surface area contributed by atoms with Gasteiger partial charge in [0.05, 0.1) is 18.7 Å². The molecule has 1 N–H and O–H groups in total. The van der Waals surface area contributed by atoms with Crippen LogP contribution in [0, 0.1) is 0 Å². The first-order chi connectivity index (χ1) is 8.10. The van der Waals surface area contributed by atoms with E-state index in [9.17, 15) is 0 Å². The summed E-state index contributed by atoms with van der Waals surface area (Å²) in [4.78, 5) is 0. The van der Waals surface area contributed by atoms with E-state index in [1.807, 2.05) is 6.07 Å². The summed E-state index contributed by atoms with van der Waals surface area (Å²) in [5, 5.41) is 3.54. The van der Waals surface area contributed by atoms with E-state index in [1.54, 1.807) is 14.2 Å². The summed E-state index contributed by atoms with van der Waals surface area (Å²) in [6.45, 7) is 3.27. The zero-order valence-corrected chi connectivity index (χ0v) is 12.1. The van der Waals surface area contributed by atoms with Crippen molar-refractivity contribution in [1.82, 2.24) is 5.32 Å². The maximum atomic E-state index is 5.48. The highest BCUT2D eigenvalue weighted by atomic mass is 79.9. The molecule has 17 heavy (non-hydrogen) atoms. The van der Waals surface area contributed by atoms with Crippen molar-refractivity contribution in [3.8, 4) is 11.5 Å². The van der Waals surface area contributed by atoms with Crippen LogP contribution in [0.25, 0.3) is 0 Å².